The lowest BCUT2D eigenvalue weighted by atomic mass is 10.2. The first-order chi connectivity index (χ1) is 14.0. The molecule has 0 radical (unpaired) electrons. The van der Waals surface area contributed by atoms with E-state index in [-0.39, 0.29) is 12.5 Å². The Balaban J connectivity index is 2.10. The molecule has 0 aliphatic rings. The van der Waals surface area contributed by atoms with E-state index in [2.05, 4.69) is 17.2 Å². The Labute approximate surface area is 177 Å². The van der Waals surface area contributed by atoms with Crippen molar-refractivity contribution in [2.75, 3.05) is 13.1 Å². The average Bonchev–Trinajstić information content (AvgIpc) is 3.19. The maximum Gasteiger partial charge on any atom is 0.270 e. The van der Waals surface area contributed by atoms with Gasteiger partial charge in [-0.3, -0.25) is 4.79 Å². The van der Waals surface area contributed by atoms with Gasteiger partial charge in [-0.25, -0.2) is 13.4 Å². The second-order valence-electron chi connectivity index (χ2n) is 6.68. The van der Waals surface area contributed by atoms with E-state index < -0.39 is 10.0 Å². The molecule has 1 aromatic heterocycles. The number of hydrogen-bond acceptors (Lipinski definition) is 5. The predicted molar refractivity (Wildman–Crippen MR) is 119 cm³/mol. The highest BCUT2D eigenvalue weighted by Gasteiger charge is 2.21. The molecule has 0 aliphatic carbocycles. The first-order valence-electron chi connectivity index (χ1n) is 9.92. The van der Waals surface area contributed by atoms with Crippen LogP contribution in [-0.2, 0) is 16.6 Å². The average molecular weight is 436 g/mol. The lowest BCUT2D eigenvalue weighted by Crippen LogP contribution is -2.30. The number of nitrogens with zero attached hydrogens (tertiary/aromatic N) is 2. The molecule has 2 aromatic rings. The Kier molecular flexibility index (Phi) is 9.50. The summed E-state index contributed by atoms with van der Waals surface area (Å²) in [5, 5.41) is 6.36. The minimum atomic E-state index is -3.60. The third kappa shape index (κ3) is 7.72. The summed E-state index contributed by atoms with van der Waals surface area (Å²) < 4.78 is 27.2. The van der Waals surface area contributed by atoms with E-state index in [1.165, 1.54) is 21.1 Å². The van der Waals surface area contributed by atoms with E-state index >= 15 is 0 Å². The van der Waals surface area contributed by atoms with Gasteiger partial charge in [0.1, 0.15) is 10.7 Å². The summed E-state index contributed by atoms with van der Waals surface area (Å²) in [4.78, 5) is 16.5. The van der Waals surface area contributed by atoms with E-state index in [1.807, 2.05) is 37.3 Å². The highest BCUT2D eigenvalue weighted by molar-refractivity contribution is 7.92. The number of hydrogen-bond donors (Lipinski definition) is 1. The molecule has 0 bridgehead atoms. The van der Waals surface area contributed by atoms with E-state index in [0.29, 0.717) is 23.8 Å². The van der Waals surface area contributed by atoms with E-state index in [1.54, 1.807) is 11.5 Å². The second-order valence-corrected chi connectivity index (χ2v) is 9.44. The summed E-state index contributed by atoms with van der Waals surface area (Å²) in [6, 6.07) is 9.32. The second kappa shape index (κ2) is 11.8. The van der Waals surface area contributed by atoms with E-state index in [9.17, 15) is 13.2 Å². The van der Waals surface area contributed by atoms with Crippen LogP contribution in [0, 0.1) is 0 Å². The van der Waals surface area contributed by atoms with Crippen LogP contribution >= 0.6 is 11.3 Å². The fraction of sp³-hybridized carbons (Fsp3) is 0.429. The summed E-state index contributed by atoms with van der Waals surface area (Å²) in [6.45, 7) is 5.27. The zero-order valence-electron chi connectivity index (χ0n) is 17.0. The summed E-state index contributed by atoms with van der Waals surface area (Å²) >= 11 is 1.31. The fourth-order valence-corrected chi connectivity index (χ4v) is 4.61. The lowest BCUT2D eigenvalue weighted by molar-refractivity contribution is 0.0948. The van der Waals surface area contributed by atoms with Gasteiger partial charge >= 0.3 is 0 Å². The summed E-state index contributed by atoms with van der Waals surface area (Å²) in [6.07, 6.45) is 5.16. The largest absolute Gasteiger partial charge is 0.351 e. The minimum absolute atomic E-state index is 0.161. The Bertz CT molecular complexity index is 893. The van der Waals surface area contributed by atoms with Crippen molar-refractivity contribution in [3.05, 3.63) is 57.4 Å². The lowest BCUT2D eigenvalue weighted by Gasteiger charge is -2.18. The molecule has 158 valence electrons. The molecule has 6 nitrogen and oxygen atoms in total. The van der Waals surface area contributed by atoms with Crippen LogP contribution in [0.2, 0.25) is 0 Å². The SMILES string of the molecule is CCCCNC(=O)c1csc(CN(CCCC)S(=O)(=O)/C=C/c2ccccc2)n1. The molecule has 1 heterocycles. The van der Waals surface area contributed by atoms with Crippen molar-refractivity contribution in [3.8, 4) is 0 Å². The maximum absolute atomic E-state index is 12.9. The van der Waals surface area contributed by atoms with Crippen molar-refractivity contribution in [1.82, 2.24) is 14.6 Å². The number of nitrogens with one attached hydrogen (secondary N) is 1. The van der Waals surface area contributed by atoms with Gasteiger partial charge in [0, 0.05) is 23.9 Å². The predicted octanol–water partition coefficient (Wildman–Crippen LogP) is 4.28. The number of benzene rings is 1. The van der Waals surface area contributed by atoms with Crippen LogP contribution in [0.3, 0.4) is 0 Å². The monoisotopic (exact) mass is 435 g/mol. The molecule has 1 amide bonds. The topological polar surface area (TPSA) is 79.4 Å². The molecule has 2 rings (SSSR count). The fourth-order valence-electron chi connectivity index (χ4n) is 2.55. The first-order valence-corrected chi connectivity index (χ1v) is 12.3. The van der Waals surface area contributed by atoms with Gasteiger partial charge in [0.15, 0.2) is 0 Å². The molecule has 8 heteroatoms. The molecule has 0 saturated heterocycles. The molecule has 29 heavy (non-hydrogen) atoms. The normalized spacial score (nSPS) is 12.0. The zero-order chi connectivity index (χ0) is 21.1. The van der Waals surface area contributed by atoms with Crippen molar-refractivity contribution in [3.63, 3.8) is 0 Å². The van der Waals surface area contributed by atoms with Crippen molar-refractivity contribution in [2.24, 2.45) is 0 Å². The molecule has 1 aromatic carbocycles. The van der Waals surface area contributed by atoms with Crippen molar-refractivity contribution >= 4 is 33.3 Å². The highest BCUT2D eigenvalue weighted by Crippen LogP contribution is 2.17. The van der Waals surface area contributed by atoms with Crippen molar-refractivity contribution in [1.29, 1.82) is 0 Å². The number of sulfonamides is 1. The number of carbonyl (C=O) groups excluding carboxylic acids is 1. The number of rotatable bonds is 12. The Morgan fingerprint density at radius 3 is 2.59 bits per heavy atom. The number of carbonyl (C=O) groups is 1. The molecule has 0 spiro atoms. The van der Waals surface area contributed by atoms with Gasteiger partial charge in [0.05, 0.1) is 6.54 Å². The summed E-state index contributed by atoms with van der Waals surface area (Å²) in [5.41, 5.74) is 1.17. The van der Waals surface area contributed by atoms with Gasteiger partial charge in [0.25, 0.3) is 5.91 Å². The minimum Gasteiger partial charge on any atom is -0.351 e. The molecule has 0 saturated carbocycles. The Morgan fingerprint density at radius 2 is 1.90 bits per heavy atom. The molecular formula is C21H29N3O3S2. The summed E-state index contributed by atoms with van der Waals surface area (Å²) in [7, 11) is -3.60. The maximum atomic E-state index is 12.9. The van der Waals surface area contributed by atoms with Crippen molar-refractivity contribution < 1.29 is 13.2 Å². The first kappa shape index (κ1) is 23.3. The van der Waals surface area contributed by atoms with Crippen LogP contribution in [0.4, 0.5) is 0 Å². The molecule has 0 atom stereocenters. The van der Waals surface area contributed by atoms with Gasteiger partial charge in [-0.2, -0.15) is 4.31 Å². The van der Waals surface area contributed by atoms with Crippen LogP contribution in [-0.4, -0.2) is 36.7 Å². The Hall–Kier alpha value is -2.03. The van der Waals surface area contributed by atoms with Crippen LogP contribution in [0.25, 0.3) is 6.08 Å². The quantitative estimate of drug-likeness (QED) is 0.505. The summed E-state index contributed by atoms with van der Waals surface area (Å²) in [5.74, 6) is -0.215. The number of amides is 1. The molecule has 1 N–H and O–H groups in total. The van der Waals surface area contributed by atoms with Gasteiger partial charge in [0.2, 0.25) is 10.0 Å². The molecule has 0 unspecified atom stereocenters. The molecular weight excluding hydrogens is 406 g/mol. The molecule has 0 fully saturated rings. The van der Waals surface area contributed by atoms with Crippen LogP contribution in [0.15, 0.2) is 41.1 Å². The van der Waals surface area contributed by atoms with E-state index in [0.717, 1.165) is 31.2 Å². The van der Waals surface area contributed by atoms with Gasteiger partial charge in [-0.05, 0) is 24.5 Å². The van der Waals surface area contributed by atoms with Crippen LogP contribution < -0.4 is 5.32 Å². The van der Waals surface area contributed by atoms with Gasteiger partial charge in [-0.1, -0.05) is 57.0 Å². The number of unbranched alkanes of at least 4 members (excludes halogenated alkanes) is 2. The van der Waals surface area contributed by atoms with Gasteiger partial charge in [-0.15, -0.1) is 11.3 Å². The van der Waals surface area contributed by atoms with Gasteiger partial charge < -0.3 is 5.32 Å². The third-order valence-electron chi connectivity index (χ3n) is 4.26. The number of aromatic nitrogens is 1. The molecule has 0 aliphatic heterocycles. The van der Waals surface area contributed by atoms with Crippen LogP contribution in [0.5, 0.6) is 0 Å². The van der Waals surface area contributed by atoms with E-state index in [4.69, 9.17) is 0 Å². The number of thiazole rings is 1. The smallest absolute Gasteiger partial charge is 0.270 e. The highest BCUT2D eigenvalue weighted by atomic mass is 32.2. The standard InChI is InChI=1S/C21H29N3O3S2/c1-3-5-13-22-21(25)19-17-28-20(23-19)16-24(14-6-4-2)29(26,27)15-12-18-10-8-7-9-11-18/h7-12,15,17H,3-6,13-14,16H2,1-2H3,(H,22,25)/b15-12+. The van der Waals surface area contributed by atoms with Crippen molar-refractivity contribution in [2.45, 2.75) is 46.1 Å². The Morgan fingerprint density at radius 1 is 1.17 bits per heavy atom. The third-order valence-corrected chi connectivity index (χ3v) is 6.61. The zero-order valence-corrected chi connectivity index (χ0v) is 18.6. The van der Waals surface area contributed by atoms with Crippen LogP contribution in [0.1, 0.15) is 60.6 Å².